The van der Waals surface area contributed by atoms with Crippen LogP contribution in [0.2, 0.25) is 0 Å². The number of ether oxygens (including phenoxy) is 2. The van der Waals surface area contributed by atoms with Crippen LogP contribution < -0.4 is 15.2 Å². The van der Waals surface area contributed by atoms with Crippen LogP contribution in [0.1, 0.15) is 10.8 Å². The average Bonchev–Trinajstić information content (AvgIpc) is 3.03. The van der Waals surface area contributed by atoms with E-state index in [1.54, 1.807) is 35.7 Å². The van der Waals surface area contributed by atoms with Crippen molar-refractivity contribution in [2.45, 2.75) is 9.46 Å². The fourth-order valence-corrected chi connectivity index (χ4v) is 4.90. The largest absolute Gasteiger partial charge is 0.497 e. The summed E-state index contributed by atoms with van der Waals surface area (Å²) in [6.07, 6.45) is 0. The summed E-state index contributed by atoms with van der Waals surface area (Å²) in [5.74, 6) is 1.05. The number of methoxy groups -OCH3 is 2. The summed E-state index contributed by atoms with van der Waals surface area (Å²) in [5.41, 5.74) is 6.27. The summed E-state index contributed by atoms with van der Waals surface area (Å²) < 4.78 is 36.1. The second-order valence-corrected chi connectivity index (χ2v) is 7.61. The van der Waals surface area contributed by atoms with Gasteiger partial charge in [0.05, 0.1) is 14.2 Å². The van der Waals surface area contributed by atoms with Crippen LogP contribution in [0.5, 0.6) is 11.5 Å². The first-order valence-electron chi connectivity index (χ1n) is 6.24. The minimum Gasteiger partial charge on any atom is -0.497 e. The van der Waals surface area contributed by atoms with Gasteiger partial charge in [-0.1, -0.05) is 12.1 Å². The lowest BCUT2D eigenvalue weighted by molar-refractivity contribution is 0.390. The maximum Gasteiger partial charge on any atom is 0.196 e. The first kappa shape index (κ1) is 15.8. The molecule has 1 atom stereocenters. The number of thiophene rings is 1. The topological polar surface area (TPSA) is 78.6 Å². The van der Waals surface area contributed by atoms with Gasteiger partial charge < -0.3 is 15.2 Å². The van der Waals surface area contributed by atoms with E-state index >= 15 is 0 Å². The second kappa shape index (κ2) is 6.46. The molecule has 0 aliphatic rings. The molecule has 0 amide bonds. The molecular weight excluding hydrogens is 310 g/mol. The Kier molecular flexibility index (Phi) is 4.87. The van der Waals surface area contributed by atoms with Gasteiger partial charge in [0.1, 0.15) is 21.0 Å². The van der Waals surface area contributed by atoms with Crippen molar-refractivity contribution < 1.29 is 17.9 Å². The van der Waals surface area contributed by atoms with E-state index in [1.807, 2.05) is 0 Å². The quantitative estimate of drug-likeness (QED) is 0.880. The summed E-state index contributed by atoms with van der Waals surface area (Å²) in [6.45, 7) is -0.0249. The summed E-state index contributed by atoms with van der Waals surface area (Å²) in [5, 5.41) is 0.878. The van der Waals surface area contributed by atoms with Gasteiger partial charge in [-0.25, -0.2) is 8.42 Å². The number of hydrogen-bond donors (Lipinski definition) is 1. The van der Waals surface area contributed by atoms with Crippen LogP contribution in [-0.4, -0.2) is 29.2 Å². The van der Waals surface area contributed by atoms with E-state index in [-0.39, 0.29) is 6.54 Å². The SMILES string of the molecule is COc1ccc(C(CN)S(=O)(=O)c2cccs2)c(OC)c1. The van der Waals surface area contributed by atoms with Crippen molar-refractivity contribution in [2.75, 3.05) is 20.8 Å². The first-order chi connectivity index (χ1) is 10.0. The van der Waals surface area contributed by atoms with Crippen LogP contribution in [0.25, 0.3) is 0 Å². The molecule has 0 fully saturated rings. The lowest BCUT2D eigenvalue weighted by Crippen LogP contribution is -2.22. The smallest absolute Gasteiger partial charge is 0.196 e. The van der Waals surface area contributed by atoms with E-state index in [9.17, 15) is 8.42 Å². The number of rotatable bonds is 6. The number of nitrogens with two attached hydrogens (primary N) is 1. The molecule has 7 heteroatoms. The molecular formula is C14H17NO4S2. The third-order valence-electron chi connectivity index (χ3n) is 3.15. The predicted molar refractivity (Wildman–Crippen MR) is 82.8 cm³/mol. The molecule has 1 unspecified atom stereocenters. The maximum atomic E-state index is 12.7. The highest BCUT2D eigenvalue weighted by molar-refractivity contribution is 7.93. The van der Waals surface area contributed by atoms with E-state index < -0.39 is 15.1 Å². The fraction of sp³-hybridized carbons (Fsp3) is 0.286. The van der Waals surface area contributed by atoms with Gasteiger partial charge in [0.25, 0.3) is 0 Å². The molecule has 1 aromatic heterocycles. The molecule has 0 bridgehead atoms. The van der Waals surface area contributed by atoms with Crippen molar-refractivity contribution in [2.24, 2.45) is 5.73 Å². The highest BCUT2D eigenvalue weighted by Crippen LogP contribution is 2.37. The highest BCUT2D eigenvalue weighted by atomic mass is 32.2. The predicted octanol–water partition coefficient (Wildman–Crippen LogP) is 2.24. The molecule has 114 valence electrons. The van der Waals surface area contributed by atoms with Crippen LogP contribution in [0.15, 0.2) is 39.9 Å². The van der Waals surface area contributed by atoms with Crippen molar-refractivity contribution in [1.82, 2.24) is 0 Å². The zero-order valence-corrected chi connectivity index (χ0v) is 13.4. The van der Waals surface area contributed by atoms with Crippen molar-refractivity contribution >= 4 is 21.2 Å². The van der Waals surface area contributed by atoms with Crippen LogP contribution in [0.3, 0.4) is 0 Å². The van der Waals surface area contributed by atoms with Gasteiger partial charge in [-0.3, -0.25) is 0 Å². The molecule has 0 aliphatic carbocycles. The van der Waals surface area contributed by atoms with Gasteiger partial charge in [-0.15, -0.1) is 11.3 Å². The molecule has 0 saturated carbocycles. The standard InChI is InChI=1S/C14H17NO4S2/c1-18-10-5-6-11(12(8-10)19-2)13(9-15)21(16,17)14-4-3-7-20-14/h3-8,13H,9,15H2,1-2H3. The van der Waals surface area contributed by atoms with Crippen LogP contribution in [-0.2, 0) is 9.84 Å². The second-order valence-electron chi connectivity index (χ2n) is 4.31. The maximum absolute atomic E-state index is 12.7. The summed E-state index contributed by atoms with van der Waals surface area (Å²) in [6, 6.07) is 8.32. The van der Waals surface area contributed by atoms with Crippen LogP contribution >= 0.6 is 11.3 Å². The Hall–Kier alpha value is -1.57. The summed E-state index contributed by atoms with van der Waals surface area (Å²) in [4.78, 5) is 0. The normalized spacial score (nSPS) is 12.9. The van der Waals surface area contributed by atoms with E-state index in [1.165, 1.54) is 25.6 Å². The highest BCUT2D eigenvalue weighted by Gasteiger charge is 2.31. The van der Waals surface area contributed by atoms with Crippen LogP contribution in [0, 0.1) is 0 Å². The van der Waals surface area contributed by atoms with E-state index in [4.69, 9.17) is 15.2 Å². The molecule has 21 heavy (non-hydrogen) atoms. The fourth-order valence-electron chi connectivity index (χ4n) is 2.07. The third-order valence-corrected chi connectivity index (χ3v) is 6.69. The van der Waals surface area contributed by atoms with Crippen molar-refractivity contribution in [3.63, 3.8) is 0 Å². The van der Waals surface area contributed by atoms with Crippen molar-refractivity contribution in [1.29, 1.82) is 0 Å². The molecule has 5 nitrogen and oxygen atoms in total. The van der Waals surface area contributed by atoms with Gasteiger partial charge >= 0.3 is 0 Å². The number of hydrogen-bond acceptors (Lipinski definition) is 6. The first-order valence-corrected chi connectivity index (χ1v) is 8.66. The molecule has 2 rings (SSSR count). The van der Waals surface area contributed by atoms with Gasteiger partial charge in [0.15, 0.2) is 9.84 Å². The molecule has 1 heterocycles. The Morgan fingerprint density at radius 3 is 2.52 bits per heavy atom. The monoisotopic (exact) mass is 327 g/mol. The Bertz CT molecular complexity index is 696. The van der Waals surface area contributed by atoms with E-state index in [0.717, 1.165) is 0 Å². The molecule has 1 aromatic carbocycles. The summed E-state index contributed by atoms with van der Waals surface area (Å²) in [7, 11) is -0.512. The Morgan fingerprint density at radius 1 is 1.24 bits per heavy atom. The molecule has 0 saturated heterocycles. The Labute approximate surface area is 128 Å². The lowest BCUT2D eigenvalue weighted by Gasteiger charge is -2.18. The van der Waals surface area contributed by atoms with Gasteiger partial charge in [0.2, 0.25) is 0 Å². The summed E-state index contributed by atoms with van der Waals surface area (Å²) >= 11 is 1.18. The minimum atomic E-state index is -3.54. The van der Waals surface area contributed by atoms with Gasteiger partial charge in [-0.2, -0.15) is 0 Å². The number of benzene rings is 1. The van der Waals surface area contributed by atoms with Crippen LogP contribution in [0.4, 0.5) is 0 Å². The molecule has 0 spiro atoms. The zero-order valence-electron chi connectivity index (χ0n) is 11.8. The zero-order chi connectivity index (χ0) is 15.5. The lowest BCUT2D eigenvalue weighted by atomic mass is 10.1. The minimum absolute atomic E-state index is 0.0249. The third kappa shape index (κ3) is 3.04. The Morgan fingerprint density at radius 2 is 2.00 bits per heavy atom. The van der Waals surface area contributed by atoms with Crippen molar-refractivity contribution in [3.05, 3.63) is 41.3 Å². The molecule has 0 radical (unpaired) electrons. The number of sulfone groups is 1. The molecule has 2 aromatic rings. The van der Waals surface area contributed by atoms with E-state index in [2.05, 4.69) is 0 Å². The van der Waals surface area contributed by atoms with Crippen molar-refractivity contribution in [3.8, 4) is 11.5 Å². The average molecular weight is 327 g/mol. The van der Waals surface area contributed by atoms with Gasteiger partial charge in [0, 0.05) is 18.2 Å². The van der Waals surface area contributed by atoms with E-state index in [0.29, 0.717) is 21.3 Å². The Balaban J connectivity index is 2.52. The molecule has 0 aliphatic heterocycles. The molecule has 2 N–H and O–H groups in total. The van der Waals surface area contributed by atoms with Gasteiger partial charge in [-0.05, 0) is 17.5 Å².